The van der Waals surface area contributed by atoms with Gasteiger partial charge >= 0.3 is 0 Å². The molecule has 1 aromatic carbocycles. The first-order valence-corrected chi connectivity index (χ1v) is 7.63. The van der Waals surface area contributed by atoms with Crippen molar-refractivity contribution in [1.29, 1.82) is 0 Å². The van der Waals surface area contributed by atoms with E-state index in [4.69, 9.17) is 5.73 Å². The van der Waals surface area contributed by atoms with Crippen LogP contribution in [0.15, 0.2) is 24.3 Å². The van der Waals surface area contributed by atoms with E-state index in [1.165, 1.54) is 11.1 Å². The predicted molar refractivity (Wildman–Crippen MR) is 88.1 cm³/mol. The molecule has 4 nitrogen and oxygen atoms in total. The molecular formula is C17H29N3O. The molecule has 1 rings (SSSR count). The SMILES string of the molecule is CCCN(CC(=O)N(C)C)C(c1ccccc1C)C(C)N. The van der Waals surface area contributed by atoms with Crippen molar-refractivity contribution in [1.82, 2.24) is 9.80 Å². The average Bonchev–Trinajstić information content (AvgIpc) is 2.40. The number of carbonyl (C=O) groups is 1. The Morgan fingerprint density at radius 3 is 2.38 bits per heavy atom. The summed E-state index contributed by atoms with van der Waals surface area (Å²) in [6.07, 6.45) is 0.996. The molecule has 2 atom stereocenters. The summed E-state index contributed by atoms with van der Waals surface area (Å²) in [5.74, 6) is 0.114. The zero-order valence-electron chi connectivity index (χ0n) is 14.0. The lowest BCUT2D eigenvalue weighted by atomic mass is 9.94. The average molecular weight is 291 g/mol. The zero-order chi connectivity index (χ0) is 16.0. The van der Waals surface area contributed by atoms with E-state index in [2.05, 4.69) is 30.9 Å². The first-order chi connectivity index (χ1) is 9.88. The van der Waals surface area contributed by atoms with Crippen LogP contribution in [0.5, 0.6) is 0 Å². The number of carbonyl (C=O) groups excluding carboxylic acids is 1. The second-order valence-electron chi connectivity index (χ2n) is 5.92. The van der Waals surface area contributed by atoms with Crippen LogP contribution in [-0.4, -0.2) is 48.9 Å². The van der Waals surface area contributed by atoms with Gasteiger partial charge < -0.3 is 10.6 Å². The molecule has 0 saturated heterocycles. The summed E-state index contributed by atoms with van der Waals surface area (Å²) in [6.45, 7) is 7.51. The number of likely N-dealkylation sites (N-methyl/N-ethyl adjacent to an activating group) is 1. The molecule has 0 bridgehead atoms. The molecule has 21 heavy (non-hydrogen) atoms. The summed E-state index contributed by atoms with van der Waals surface area (Å²) in [7, 11) is 3.59. The van der Waals surface area contributed by atoms with Crippen molar-refractivity contribution in [2.45, 2.75) is 39.3 Å². The lowest BCUT2D eigenvalue weighted by Gasteiger charge is -2.35. The van der Waals surface area contributed by atoms with Gasteiger partial charge in [0.1, 0.15) is 0 Å². The summed E-state index contributed by atoms with van der Waals surface area (Å²) in [4.78, 5) is 16.0. The maximum absolute atomic E-state index is 12.1. The normalized spacial score (nSPS) is 14.0. The molecule has 4 heteroatoms. The van der Waals surface area contributed by atoms with Crippen LogP contribution in [0.3, 0.4) is 0 Å². The number of benzene rings is 1. The molecule has 0 spiro atoms. The van der Waals surface area contributed by atoms with E-state index in [9.17, 15) is 4.79 Å². The number of aryl methyl sites for hydroxylation is 1. The van der Waals surface area contributed by atoms with E-state index >= 15 is 0 Å². The van der Waals surface area contributed by atoms with Crippen LogP contribution in [0.4, 0.5) is 0 Å². The van der Waals surface area contributed by atoms with Gasteiger partial charge in [-0.3, -0.25) is 9.69 Å². The van der Waals surface area contributed by atoms with Crippen LogP contribution in [0.2, 0.25) is 0 Å². The fourth-order valence-corrected chi connectivity index (χ4v) is 2.65. The van der Waals surface area contributed by atoms with Gasteiger partial charge in [-0.05, 0) is 37.9 Å². The fourth-order valence-electron chi connectivity index (χ4n) is 2.65. The Kier molecular flexibility index (Phi) is 6.85. The highest BCUT2D eigenvalue weighted by molar-refractivity contribution is 5.77. The fraction of sp³-hybridized carbons (Fsp3) is 0.588. The minimum atomic E-state index is -0.0346. The Bertz CT molecular complexity index is 457. The molecule has 1 amide bonds. The Hall–Kier alpha value is -1.39. The molecule has 0 aliphatic heterocycles. The second-order valence-corrected chi connectivity index (χ2v) is 5.92. The van der Waals surface area contributed by atoms with Crippen LogP contribution >= 0.6 is 0 Å². The topological polar surface area (TPSA) is 49.6 Å². The van der Waals surface area contributed by atoms with Crippen LogP contribution in [0.25, 0.3) is 0 Å². The first kappa shape index (κ1) is 17.7. The Morgan fingerprint density at radius 1 is 1.29 bits per heavy atom. The van der Waals surface area contributed by atoms with E-state index in [0.717, 1.165) is 13.0 Å². The van der Waals surface area contributed by atoms with Crippen molar-refractivity contribution >= 4 is 5.91 Å². The van der Waals surface area contributed by atoms with Crippen molar-refractivity contribution in [3.05, 3.63) is 35.4 Å². The minimum Gasteiger partial charge on any atom is -0.348 e. The van der Waals surface area contributed by atoms with Gasteiger partial charge in [0.2, 0.25) is 5.91 Å². The van der Waals surface area contributed by atoms with Gasteiger partial charge in [0.25, 0.3) is 0 Å². The third-order valence-corrected chi connectivity index (χ3v) is 3.75. The third kappa shape index (κ3) is 4.83. The van der Waals surface area contributed by atoms with Crippen molar-refractivity contribution in [2.75, 3.05) is 27.2 Å². The van der Waals surface area contributed by atoms with Gasteiger partial charge in [0.15, 0.2) is 0 Å². The van der Waals surface area contributed by atoms with Crippen LogP contribution in [0, 0.1) is 6.92 Å². The Morgan fingerprint density at radius 2 is 1.90 bits per heavy atom. The summed E-state index contributed by atoms with van der Waals surface area (Å²) < 4.78 is 0. The molecule has 2 N–H and O–H groups in total. The highest BCUT2D eigenvalue weighted by Gasteiger charge is 2.26. The third-order valence-electron chi connectivity index (χ3n) is 3.75. The smallest absolute Gasteiger partial charge is 0.236 e. The summed E-state index contributed by atoms with van der Waals surface area (Å²) in [5, 5.41) is 0. The molecule has 0 radical (unpaired) electrons. The predicted octanol–water partition coefficient (Wildman–Crippen LogP) is 2.18. The van der Waals surface area contributed by atoms with Crippen LogP contribution < -0.4 is 5.73 Å². The van der Waals surface area contributed by atoms with Crippen LogP contribution in [-0.2, 0) is 4.79 Å². The Labute approximate surface area is 128 Å². The van der Waals surface area contributed by atoms with Gasteiger partial charge in [-0.25, -0.2) is 0 Å². The van der Waals surface area contributed by atoms with Gasteiger partial charge in [-0.1, -0.05) is 31.2 Å². The van der Waals surface area contributed by atoms with E-state index < -0.39 is 0 Å². The largest absolute Gasteiger partial charge is 0.348 e. The first-order valence-electron chi connectivity index (χ1n) is 7.63. The van der Waals surface area contributed by atoms with E-state index in [0.29, 0.717) is 6.54 Å². The number of nitrogens with two attached hydrogens (primary N) is 1. The van der Waals surface area contributed by atoms with Gasteiger partial charge in [0, 0.05) is 20.1 Å². The molecule has 2 unspecified atom stereocenters. The summed E-state index contributed by atoms with van der Waals surface area (Å²) >= 11 is 0. The highest BCUT2D eigenvalue weighted by Crippen LogP contribution is 2.26. The summed E-state index contributed by atoms with van der Waals surface area (Å²) in [5.41, 5.74) is 8.69. The van der Waals surface area contributed by atoms with Crippen molar-refractivity contribution < 1.29 is 4.79 Å². The highest BCUT2D eigenvalue weighted by atomic mass is 16.2. The summed E-state index contributed by atoms with van der Waals surface area (Å²) in [6, 6.07) is 8.32. The van der Waals surface area contributed by atoms with Crippen molar-refractivity contribution in [2.24, 2.45) is 5.73 Å². The number of hydrogen-bond donors (Lipinski definition) is 1. The standard InChI is InChI=1S/C17H29N3O/c1-6-11-20(12-16(21)19(4)5)17(14(3)18)15-10-8-7-9-13(15)2/h7-10,14,17H,6,11-12,18H2,1-5H3. The van der Waals surface area contributed by atoms with E-state index in [-0.39, 0.29) is 18.0 Å². The molecule has 0 aliphatic rings. The zero-order valence-corrected chi connectivity index (χ0v) is 14.0. The quantitative estimate of drug-likeness (QED) is 0.838. The van der Waals surface area contributed by atoms with Gasteiger partial charge in [-0.15, -0.1) is 0 Å². The maximum atomic E-state index is 12.1. The van der Waals surface area contributed by atoms with Gasteiger partial charge in [-0.2, -0.15) is 0 Å². The molecule has 0 aromatic heterocycles. The molecule has 0 saturated carbocycles. The lowest BCUT2D eigenvalue weighted by Crippen LogP contribution is -2.45. The number of nitrogens with zero attached hydrogens (tertiary/aromatic N) is 2. The minimum absolute atomic E-state index is 0.0346. The number of amides is 1. The van der Waals surface area contributed by atoms with E-state index in [1.54, 1.807) is 19.0 Å². The van der Waals surface area contributed by atoms with Gasteiger partial charge in [0.05, 0.1) is 12.6 Å². The van der Waals surface area contributed by atoms with E-state index in [1.807, 2.05) is 19.1 Å². The van der Waals surface area contributed by atoms with Crippen molar-refractivity contribution in [3.63, 3.8) is 0 Å². The molecule has 0 heterocycles. The number of hydrogen-bond acceptors (Lipinski definition) is 3. The lowest BCUT2D eigenvalue weighted by molar-refractivity contribution is -0.130. The second kappa shape index (κ2) is 8.15. The Balaban J connectivity index is 3.09. The molecule has 1 aromatic rings. The van der Waals surface area contributed by atoms with Crippen molar-refractivity contribution in [3.8, 4) is 0 Å². The molecular weight excluding hydrogens is 262 g/mol. The molecule has 0 aliphatic carbocycles. The number of rotatable bonds is 7. The monoisotopic (exact) mass is 291 g/mol. The maximum Gasteiger partial charge on any atom is 0.236 e. The molecule has 118 valence electrons. The van der Waals surface area contributed by atoms with Crippen LogP contribution in [0.1, 0.15) is 37.4 Å². The molecule has 0 fully saturated rings.